The number of sulfonamides is 1. The number of nitrogens with zero attached hydrogens (tertiary/aromatic N) is 2. The molecule has 0 bridgehead atoms. The molecule has 1 amide bonds. The van der Waals surface area contributed by atoms with E-state index in [9.17, 15) is 18.0 Å². The molecule has 1 aliphatic rings. The van der Waals surface area contributed by atoms with E-state index < -0.39 is 21.9 Å². The van der Waals surface area contributed by atoms with Crippen molar-refractivity contribution in [2.24, 2.45) is 5.10 Å². The summed E-state index contributed by atoms with van der Waals surface area (Å²) >= 11 is 0. The van der Waals surface area contributed by atoms with Gasteiger partial charge < -0.3 is 4.74 Å². The monoisotopic (exact) mass is 415 g/mol. The topological polar surface area (TPSA) is 105 Å². The van der Waals surface area contributed by atoms with E-state index in [1.807, 2.05) is 0 Å². The van der Waals surface area contributed by atoms with Crippen LogP contribution >= 0.6 is 0 Å². The normalized spacial score (nSPS) is 14.8. The van der Waals surface area contributed by atoms with Gasteiger partial charge in [0.2, 0.25) is 10.0 Å². The van der Waals surface area contributed by atoms with Crippen molar-refractivity contribution >= 4 is 28.1 Å². The Bertz CT molecular complexity index is 1030. The van der Waals surface area contributed by atoms with Crippen molar-refractivity contribution in [1.82, 2.24) is 9.73 Å². The number of esters is 1. The molecule has 0 atom stereocenters. The molecule has 0 spiro atoms. The lowest BCUT2D eigenvalue weighted by Crippen LogP contribution is -2.28. The van der Waals surface area contributed by atoms with Gasteiger partial charge in [-0.25, -0.2) is 18.6 Å². The number of methoxy groups -OCH3 is 1. The Hall–Kier alpha value is -3.04. The number of amides is 1. The first kappa shape index (κ1) is 20.7. The fourth-order valence-electron chi connectivity index (χ4n) is 2.93. The number of rotatable bonds is 6. The summed E-state index contributed by atoms with van der Waals surface area (Å²) in [6.07, 6.45) is 3.10. The second-order valence-electron chi connectivity index (χ2n) is 6.45. The summed E-state index contributed by atoms with van der Waals surface area (Å²) in [7, 11) is -2.29. The summed E-state index contributed by atoms with van der Waals surface area (Å²) in [5.41, 5.74) is 3.65. The predicted octanol–water partition coefficient (Wildman–Crippen LogP) is 2.02. The van der Waals surface area contributed by atoms with E-state index in [4.69, 9.17) is 0 Å². The van der Waals surface area contributed by atoms with Crippen molar-refractivity contribution in [3.8, 4) is 0 Å². The van der Waals surface area contributed by atoms with E-state index in [0.29, 0.717) is 24.2 Å². The molecule has 3 rings (SSSR count). The van der Waals surface area contributed by atoms with Crippen LogP contribution in [0, 0.1) is 0 Å². The third-order valence-electron chi connectivity index (χ3n) is 4.51. The van der Waals surface area contributed by atoms with Gasteiger partial charge in [-0.1, -0.05) is 18.2 Å². The lowest BCUT2D eigenvalue weighted by Gasteiger charge is -2.15. The van der Waals surface area contributed by atoms with E-state index in [0.717, 1.165) is 12.8 Å². The summed E-state index contributed by atoms with van der Waals surface area (Å²) in [4.78, 5) is 23.8. The van der Waals surface area contributed by atoms with Gasteiger partial charge in [-0.15, -0.1) is 0 Å². The van der Waals surface area contributed by atoms with Crippen molar-refractivity contribution in [1.29, 1.82) is 0 Å². The molecule has 2 aromatic carbocycles. The molecule has 0 aromatic heterocycles. The summed E-state index contributed by atoms with van der Waals surface area (Å²) in [5, 5.41) is 3.88. The Morgan fingerprint density at radius 3 is 2.41 bits per heavy atom. The van der Waals surface area contributed by atoms with Crippen molar-refractivity contribution in [3.05, 3.63) is 65.2 Å². The van der Waals surface area contributed by atoms with Gasteiger partial charge in [-0.3, -0.25) is 4.79 Å². The molecule has 1 fully saturated rings. The molecule has 1 N–H and O–H groups in total. The van der Waals surface area contributed by atoms with Gasteiger partial charge in [0, 0.05) is 18.7 Å². The van der Waals surface area contributed by atoms with Gasteiger partial charge in [-0.05, 0) is 48.7 Å². The number of hydrazone groups is 1. The van der Waals surface area contributed by atoms with Crippen molar-refractivity contribution in [3.63, 3.8) is 0 Å². The fraction of sp³-hybridized carbons (Fsp3) is 0.250. The van der Waals surface area contributed by atoms with Crippen LogP contribution in [-0.4, -0.2) is 51.0 Å². The van der Waals surface area contributed by atoms with E-state index in [-0.39, 0.29) is 10.5 Å². The molecule has 0 unspecified atom stereocenters. The largest absolute Gasteiger partial charge is 0.465 e. The van der Waals surface area contributed by atoms with Crippen molar-refractivity contribution < 1.29 is 22.7 Å². The van der Waals surface area contributed by atoms with Crippen LogP contribution in [0.2, 0.25) is 0 Å². The number of ether oxygens (including phenoxy) is 1. The molecule has 0 radical (unpaired) electrons. The number of nitrogens with one attached hydrogen (secondary N) is 1. The van der Waals surface area contributed by atoms with Gasteiger partial charge >= 0.3 is 5.97 Å². The zero-order chi connectivity index (χ0) is 20.9. The standard InChI is InChI=1S/C20H21N3O5S/c1-28-20(25)16-9-7-15(8-10-16)14-21-22-19(24)17-5-4-6-18(13-17)29(26,27)23-11-2-3-12-23/h4-10,13-14H,2-3,11-12H2,1H3,(H,22,24)/b21-14+. The Morgan fingerprint density at radius 2 is 1.76 bits per heavy atom. The molecule has 0 aliphatic carbocycles. The maximum absolute atomic E-state index is 12.6. The third-order valence-corrected chi connectivity index (χ3v) is 6.41. The van der Waals surface area contributed by atoms with Crippen LogP contribution in [0.3, 0.4) is 0 Å². The number of benzene rings is 2. The van der Waals surface area contributed by atoms with Gasteiger partial charge in [0.25, 0.3) is 5.91 Å². The van der Waals surface area contributed by atoms with Crippen LogP contribution < -0.4 is 5.43 Å². The number of hydrogen-bond donors (Lipinski definition) is 1. The van der Waals surface area contributed by atoms with Crippen molar-refractivity contribution in [2.75, 3.05) is 20.2 Å². The van der Waals surface area contributed by atoms with E-state index >= 15 is 0 Å². The minimum Gasteiger partial charge on any atom is -0.465 e. The highest BCUT2D eigenvalue weighted by Crippen LogP contribution is 2.21. The zero-order valence-corrected chi connectivity index (χ0v) is 16.7. The second-order valence-corrected chi connectivity index (χ2v) is 8.39. The first-order chi connectivity index (χ1) is 13.9. The van der Waals surface area contributed by atoms with E-state index in [2.05, 4.69) is 15.3 Å². The maximum Gasteiger partial charge on any atom is 0.337 e. The molecule has 8 nitrogen and oxygen atoms in total. The first-order valence-electron chi connectivity index (χ1n) is 9.04. The Kier molecular flexibility index (Phi) is 6.40. The number of carbonyl (C=O) groups is 2. The van der Waals surface area contributed by atoms with Crippen molar-refractivity contribution in [2.45, 2.75) is 17.7 Å². The van der Waals surface area contributed by atoms with E-state index in [1.54, 1.807) is 24.3 Å². The summed E-state index contributed by atoms with van der Waals surface area (Å²) in [5.74, 6) is -0.962. The maximum atomic E-state index is 12.6. The quantitative estimate of drug-likeness (QED) is 0.441. The highest BCUT2D eigenvalue weighted by atomic mass is 32.2. The van der Waals surface area contributed by atoms with Crippen LogP contribution in [0.15, 0.2) is 58.5 Å². The predicted molar refractivity (Wildman–Crippen MR) is 107 cm³/mol. The van der Waals surface area contributed by atoms with Crippen LogP contribution in [0.5, 0.6) is 0 Å². The number of carbonyl (C=O) groups excluding carboxylic acids is 2. The molecular formula is C20H21N3O5S. The van der Waals surface area contributed by atoms with Gasteiger partial charge in [0.1, 0.15) is 0 Å². The molecule has 1 heterocycles. The highest BCUT2D eigenvalue weighted by Gasteiger charge is 2.27. The summed E-state index contributed by atoms with van der Waals surface area (Å²) < 4.78 is 31.3. The van der Waals surface area contributed by atoms with Gasteiger partial charge in [0.05, 0.1) is 23.8 Å². The third kappa shape index (κ3) is 4.87. The minimum absolute atomic E-state index is 0.0921. The van der Waals surface area contributed by atoms with Crippen LogP contribution in [0.4, 0.5) is 0 Å². The second kappa shape index (κ2) is 8.97. The Morgan fingerprint density at radius 1 is 1.07 bits per heavy atom. The molecular weight excluding hydrogens is 394 g/mol. The average Bonchev–Trinajstić information content (AvgIpc) is 3.29. The average molecular weight is 415 g/mol. The smallest absolute Gasteiger partial charge is 0.337 e. The SMILES string of the molecule is COC(=O)c1ccc(/C=N/NC(=O)c2cccc(S(=O)(=O)N3CCCC3)c2)cc1. The number of hydrogen-bond acceptors (Lipinski definition) is 6. The summed E-state index contributed by atoms with van der Waals surface area (Å²) in [6, 6.07) is 12.4. The van der Waals surface area contributed by atoms with Gasteiger partial charge in [-0.2, -0.15) is 9.41 Å². The van der Waals surface area contributed by atoms with Crippen LogP contribution in [0.1, 0.15) is 39.1 Å². The first-order valence-corrected chi connectivity index (χ1v) is 10.5. The zero-order valence-electron chi connectivity index (χ0n) is 15.9. The Balaban J connectivity index is 1.66. The Labute approximate surface area is 169 Å². The highest BCUT2D eigenvalue weighted by molar-refractivity contribution is 7.89. The van der Waals surface area contributed by atoms with Crippen LogP contribution in [0.25, 0.3) is 0 Å². The van der Waals surface area contributed by atoms with Crippen LogP contribution in [-0.2, 0) is 14.8 Å². The molecule has 1 saturated heterocycles. The molecule has 9 heteroatoms. The lowest BCUT2D eigenvalue weighted by atomic mass is 10.1. The summed E-state index contributed by atoms with van der Waals surface area (Å²) in [6.45, 7) is 0.996. The lowest BCUT2D eigenvalue weighted by molar-refractivity contribution is 0.0600. The molecule has 152 valence electrons. The minimum atomic E-state index is -3.59. The molecule has 1 aliphatic heterocycles. The molecule has 29 heavy (non-hydrogen) atoms. The van der Waals surface area contributed by atoms with Gasteiger partial charge in [0.15, 0.2) is 0 Å². The molecule has 2 aromatic rings. The fourth-order valence-corrected chi connectivity index (χ4v) is 4.49. The molecule has 0 saturated carbocycles. The van der Waals surface area contributed by atoms with E-state index in [1.165, 1.54) is 41.9 Å².